The Kier molecular flexibility index (Phi) is 4.46. The van der Waals surface area contributed by atoms with Crippen molar-refractivity contribution in [3.63, 3.8) is 0 Å². The summed E-state index contributed by atoms with van der Waals surface area (Å²) in [6, 6.07) is 19.1. The molecule has 0 aliphatic carbocycles. The number of ether oxygens (including phenoxy) is 1. The summed E-state index contributed by atoms with van der Waals surface area (Å²) in [5, 5.41) is 11.4. The zero-order chi connectivity index (χ0) is 18.8. The average molecular weight is 360 g/mol. The predicted octanol–water partition coefficient (Wildman–Crippen LogP) is 3.82. The monoisotopic (exact) mass is 360 g/mol. The second-order valence-corrected chi connectivity index (χ2v) is 6.51. The second kappa shape index (κ2) is 7.07. The van der Waals surface area contributed by atoms with Crippen LogP contribution in [0.2, 0.25) is 0 Å². The molecule has 0 spiro atoms. The smallest absolute Gasteiger partial charge is 0.279 e. The number of para-hydroxylation sites is 1. The number of aromatic nitrogens is 2. The van der Waals surface area contributed by atoms with Crippen LogP contribution in [0.5, 0.6) is 5.75 Å². The molecular weight excluding hydrogens is 340 g/mol. The molecule has 2 heterocycles. The van der Waals surface area contributed by atoms with E-state index in [2.05, 4.69) is 21.6 Å². The number of amides is 1. The van der Waals surface area contributed by atoms with Gasteiger partial charge < -0.3 is 15.0 Å². The van der Waals surface area contributed by atoms with Crippen molar-refractivity contribution >= 4 is 23.1 Å². The van der Waals surface area contributed by atoms with Crippen molar-refractivity contribution in [1.82, 2.24) is 10.2 Å². The van der Waals surface area contributed by atoms with Gasteiger partial charge in [-0.1, -0.05) is 18.2 Å². The van der Waals surface area contributed by atoms with Crippen LogP contribution in [0.4, 0.5) is 17.2 Å². The van der Waals surface area contributed by atoms with Gasteiger partial charge in [0.2, 0.25) is 0 Å². The number of hydrogen-bond acceptors (Lipinski definition) is 5. The van der Waals surface area contributed by atoms with Crippen molar-refractivity contribution < 1.29 is 9.53 Å². The van der Waals surface area contributed by atoms with Crippen molar-refractivity contribution in [3.8, 4) is 5.75 Å². The molecule has 136 valence electrons. The van der Waals surface area contributed by atoms with Crippen LogP contribution < -0.4 is 15.0 Å². The molecule has 1 aromatic heterocycles. The predicted molar refractivity (Wildman–Crippen MR) is 105 cm³/mol. The van der Waals surface area contributed by atoms with Crippen LogP contribution in [0, 0.1) is 0 Å². The molecule has 0 bridgehead atoms. The van der Waals surface area contributed by atoms with Gasteiger partial charge >= 0.3 is 0 Å². The van der Waals surface area contributed by atoms with E-state index in [0.717, 1.165) is 23.5 Å². The summed E-state index contributed by atoms with van der Waals surface area (Å²) in [7, 11) is 1.63. The van der Waals surface area contributed by atoms with Gasteiger partial charge in [0.1, 0.15) is 5.75 Å². The van der Waals surface area contributed by atoms with Crippen LogP contribution in [0.3, 0.4) is 0 Å². The maximum Gasteiger partial charge on any atom is 0.279 e. The number of rotatable bonds is 4. The molecule has 4 rings (SSSR count). The standard InChI is InChI=1S/C21H20N4O2/c1-14-13-15-5-3-4-6-19(15)25(14)21(26)18-11-12-20(24-23-18)22-16-7-9-17(27-2)10-8-16/h3-12,14H,13H2,1-2H3,(H,22,24). The van der Waals surface area contributed by atoms with Crippen molar-refractivity contribution in [3.05, 3.63) is 71.9 Å². The quantitative estimate of drug-likeness (QED) is 0.766. The van der Waals surface area contributed by atoms with Gasteiger partial charge in [0, 0.05) is 17.4 Å². The minimum atomic E-state index is -0.129. The Hall–Kier alpha value is -3.41. The number of nitrogens with zero attached hydrogens (tertiary/aromatic N) is 3. The molecule has 6 nitrogen and oxygen atoms in total. The van der Waals surface area contributed by atoms with Crippen LogP contribution in [0.15, 0.2) is 60.7 Å². The maximum atomic E-state index is 12.9. The molecule has 6 heteroatoms. The first kappa shape index (κ1) is 17.0. The van der Waals surface area contributed by atoms with Gasteiger partial charge in [-0.2, -0.15) is 0 Å². The number of anilines is 3. The van der Waals surface area contributed by atoms with Crippen molar-refractivity contribution in [2.75, 3.05) is 17.3 Å². The lowest BCUT2D eigenvalue weighted by Crippen LogP contribution is -2.36. The van der Waals surface area contributed by atoms with E-state index in [4.69, 9.17) is 4.74 Å². The molecule has 0 fully saturated rings. The highest BCUT2D eigenvalue weighted by Gasteiger charge is 2.31. The van der Waals surface area contributed by atoms with Gasteiger partial charge in [0.25, 0.3) is 5.91 Å². The first-order valence-electron chi connectivity index (χ1n) is 8.82. The molecule has 1 amide bonds. The first-order chi connectivity index (χ1) is 13.2. The summed E-state index contributed by atoms with van der Waals surface area (Å²) in [4.78, 5) is 14.8. The Morgan fingerprint density at radius 1 is 1.07 bits per heavy atom. The van der Waals surface area contributed by atoms with E-state index >= 15 is 0 Å². The van der Waals surface area contributed by atoms with E-state index in [0.29, 0.717) is 11.5 Å². The summed E-state index contributed by atoms with van der Waals surface area (Å²) in [6.45, 7) is 2.05. The number of carbonyl (C=O) groups excluding carboxylic acids is 1. The largest absolute Gasteiger partial charge is 0.497 e. The van der Waals surface area contributed by atoms with E-state index in [-0.39, 0.29) is 11.9 Å². The fourth-order valence-electron chi connectivity index (χ4n) is 3.33. The van der Waals surface area contributed by atoms with Crippen LogP contribution >= 0.6 is 0 Å². The molecule has 0 radical (unpaired) electrons. The van der Waals surface area contributed by atoms with Gasteiger partial charge in [-0.3, -0.25) is 4.79 Å². The topological polar surface area (TPSA) is 67.3 Å². The summed E-state index contributed by atoms with van der Waals surface area (Å²) < 4.78 is 5.15. The number of fused-ring (bicyclic) bond motifs is 1. The Balaban J connectivity index is 1.51. The molecule has 1 aliphatic rings. The third-order valence-electron chi connectivity index (χ3n) is 4.67. The number of carbonyl (C=O) groups is 1. The second-order valence-electron chi connectivity index (χ2n) is 6.51. The fourth-order valence-corrected chi connectivity index (χ4v) is 3.33. The minimum Gasteiger partial charge on any atom is -0.497 e. The van der Waals surface area contributed by atoms with E-state index in [1.807, 2.05) is 49.4 Å². The van der Waals surface area contributed by atoms with Gasteiger partial charge in [-0.15, -0.1) is 10.2 Å². The van der Waals surface area contributed by atoms with E-state index < -0.39 is 0 Å². The van der Waals surface area contributed by atoms with Crippen LogP contribution in [0.25, 0.3) is 0 Å². The zero-order valence-electron chi connectivity index (χ0n) is 15.2. The van der Waals surface area contributed by atoms with Crippen LogP contribution in [0.1, 0.15) is 23.0 Å². The molecule has 1 atom stereocenters. The van der Waals surface area contributed by atoms with Gasteiger partial charge in [0.05, 0.1) is 7.11 Å². The van der Waals surface area contributed by atoms with Crippen molar-refractivity contribution in [2.24, 2.45) is 0 Å². The summed E-state index contributed by atoms with van der Waals surface area (Å²) in [5.41, 5.74) is 3.34. The molecule has 0 saturated carbocycles. The lowest BCUT2D eigenvalue weighted by molar-refractivity contribution is 0.0975. The van der Waals surface area contributed by atoms with Gasteiger partial charge in [-0.25, -0.2) is 0 Å². The van der Waals surface area contributed by atoms with Crippen LogP contribution in [-0.2, 0) is 6.42 Å². The molecule has 27 heavy (non-hydrogen) atoms. The molecule has 0 saturated heterocycles. The Morgan fingerprint density at radius 3 is 2.56 bits per heavy atom. The average Bonchev–Trinajstić information content (AvgIpc) is 3.04. The Labute approximate surface area is 157 Å². The molecule has 1 unspecified atom stereocenters. The van der Waals surface area contributed by atoms with Crippen LogP contribution in [-0.4, -0.2) is 29.3 Å². The molecule has 3 aromatic rings. The van der Waals surface area contributed by atoms with E-state index in [9.17, 15) is 4.79 Å². The highest BCUT2D eigenvalue weighted by molar-refractivity contribution is 6.06. The zero-order valence-corrected chi connectivity index (χ0v) is 15.2. The number of benzene rings is 2. The third-order valence-corrected chi connectivity index (χ3v) is 4.67. The lowest BCUT2D eigenvalue weighted by Gasteiger charge is -2.22. The SMILES string of the molecule is COc1ccc(Nc2ccc(C(=O)N3c4ccccc4CC3C)nn2)cc1. The summed E-state index contributed by atoms with van der Waals surface area (Å²) >= 11 is 0. The summed E-state index contributed by atoms with van der Waals surface area (Å²) in [5.74, 6) is 1.23. The summed E-state index contributed by atoms with van der Waals surface area (Å²) in [6.07, 6.45) is 0.854. The normalized spacial score (nSPS) is 15.3. The highest BCUT2D eigenvalue weighted by Crippen LogP contribution is 2.32. The molecule has 2 aromatic carbocycles. The third kappa shape index (κ3) is 3.33. The van der Waals surface area contributed by atoms with Crippen molar-refractivity contribution in [2.45, 2.75) is 19.4 Å². The number of methoxy groups -OCH3 is 1. The number of nitrogens with one attached hydrogen (secondary N) is 1. The van der Waals surface area contributed by atoms with Crippen molar-refractivity contribution in [1.29, 1.82) is 0 Å². The maximum absolute atomic E-state index is 12.9. The molecule has 1 N–H and O–H groups in total. The highest BCUT2D eigenvalue weighted by atomic mass is 16.5. The van der Waals surface area contributed by atoms with Gasteiger partial charge in [-0.05, 0) is 61.4 Å². The van der Waals surface area contributed by atoms with Gasteiger partial charge in [0.15, 0.2) is 11.5 Å². The minimum absolute atomic E-state index is 0.105. The van der Waals surface area contributed by atoms with E-state index in [1.165, 1.54) is 5.56 Å². The molecular formula is C21H20N4O2. The lowest BCUT2D eigenvalue weighted by atomic mass is 10.1. The number of hydrogen-bond donors (Lipinski definition) is 1. The first-order valence-corrected chi connectivity index (χ1v) is 8.82. The Morgan fingerprint density at radius 2 is 1.85 bits per heavy atom. The Bertz CT molecular complexity index is 955. The van der Waals surface area contributed by atoms with E-state index in [1.54, 1.807) is 24.1 Å². The molecule has 1 aliphatic heterocycles. The fraction of sp³-hybridized carbons (Fsp3) is 0.190.